The molecule has 0 aliphatic carbocycles. The van der Waals surface area contributed by atoms with Crippen molar-refractivity contribution in [3.8, 4) is 5.75 Å². The van der Waals surface area contributed by atoms with Gasteiger partial charge < -0.3 is 9.84 Å². The smallest absolute Gasteiger partial charge is 0.389 e. The van der Waals surface area contributed by atoms with Crippen molar-refractivity contribution in [2.75, 3.05) is 7.11 Å². The first-order valence-corrected chi connectivity index (χ1v) is 6.64. The van der Waals surface area contributed by atoms with Gasteiger partial charge in [0, 0.05) is 6.42 Å². The van der Waals surface area contributed by atoms with Crippen LogP contribution in [0.25, 0.3) is 0 Å². The average molecular weight is 290 g/mol. The van der Waals surface area contributed by atoms with Crippen LogP contribution in [0.15, 0.2) is 24.3 Å². The third-order valence-corrected chi connectivity index (χ3v) is 3.29. The van der Waals surface area contributed by atoms with Crippen molar-refractivity contribution in [3.63, 3.8) is 0 Å². The summed E-state index contributed by atoms with van der Waals surface area (Å²) in [6.45, 7) is 1.59. The Morgan fingerprint density at radius 1 is 1.05 bits per heavy atom. The molecule has 1 N–H and O–H groups in total. The number of rotatable bonds is 7. The molecule has 0 aliphatic heterocycles. The molecule has 1 atom stereocenters. The molecule has 20 heavy (non-hydrogen) atoms. The Morgan fingerprint density at radius 2 is 1.65 bits per heavy atom. The summed E-state index contributed by atoms with van der Waals surface area (Å²) >= 11 is 0. The van der Waals surface area contributed by atoms with E-state index >= 15 is 0 Å². The summed E-state index contributed by atoms with van der Waals surface area (Å²) in [5.41, 5.74) is -0.0348. The van der Waals surface area contributed by atoms with Gasteiger partial charge in [0.05, 0.1) is 12.7 Å². The highest BCUT2D eigenvalue weighted by Gasteiger charge is 2.28. The van der Waals surface area contributed by atoms with E-state index in [1.165, 1.54) is 0 Å². The highest BCUT2D eigenvalue weighted by Crippen LogP contribution is 2.27. The molecular formula is C15H21F3O2. The van der Waals surface area contributed by atoms with Gasteiger partial charge in [-0.15, -0.1) is 0 Å². The van der Waals surface area contributed by atoms with E-state index in [1.54, 1.807) is 14.0 Å². The van der Waals surface area contributed by atoms with E-state index in [2.05, 4.69) is 0 Å². The highest BCUT2D eigenvalue weighted by molar-refractivity contribution is 5.27. The van der Waals surface area contributed by atoms with Gasteiger partial charge in [0.1, 0.15) is 5.75 Å². The van der Waals surface area contributed by atoms with E-state index in [0.29, 0.717) is 12.8 Å². The zero-order valence-corrected chi connectivity index (χ0v) is 11.8. The van der Waals surface area contributed by atoms with E-state index < -0.39 is 18.2 Å². The van der Waals surface area contributed by atoms with Crippen molar-refractivity contribution >= 4 is 0 Å². The van der Waals surface area contributed by atoms with E-state index in [-0.39, 0.29) is 12.8 Å². The normalized spacial score (nSPS) is 14.9. The van der Waals surface area contributed by atoms with Crippen LogP contribution in [0.3, 0.4) is 0 Å². The fraction of sp³-hybridized carbons (Fsp3) is 0.600. The van der Waals surface area contributed by atoms with Gasteiger partial charge in [0.25, 0.3) is 0 Å². The molecule has 2 nitrogen and oxygen atoms in total. The lowest BCUT2D eigenvalue weighted by Gasteiger charge is -2.23. The van der Waals surface area contributed by atoms with Gasteiger partial charge in [-0.05, 0) is 50.3 Å². The fourth-order valence-corrected chi connectivity index (χ4v) is 2.00. The highest BCUT2D eigenvalue weighted by atomic mass is 19.4. The number of ether oxygens (including phenoxy) is 1. The third-order valence-electron chi connectivity index (χ3n) is 3.29. The van der Waals surface area contributed by atoms with Crippen LogP contribution in [0, 0.1) is 0 Å². The van der Waals surface area contributed by atoms with Crippen molar-refractivity contribution in [2.45, 2.75) is 50.8 Å². The third kappa shape index (κ3) is 6.80. The Kier molecular flexibility index (Phi) is 5.87. The van der Waals surface area contributed by atoms with Gasteiger partial charge in [0.2, 0.25) is 0 Å². The number of aliphatic hydroxyl groups is 1. The molecule has 0 heterocycles. The van der Waals surface area contributed by atoms with Gasteiger partial charge in [-0.25, -0.2) is 0 Å². The van der Waals surface area contributed by atoms with Gasteiger partial charge in [-0.2, -0.15) is 13.2 Å². The summed E-state index contributed by atoms with van der Waals surface area (Å²) in [4.78, 5) is 0. The summed E-state index contributed by atoms with van der Waals surface area (Å²) < 4.78 is 41.2. The van der Waals surface area contributed by atoms with Crippen molar-refractivity contribution in [3.05, 3.63) is 29.8 Å². The number of aryl methyl sites for hydroxylation is 1. The Bertz CT molecular complexity index is 397. The van der Waals surface area contributed by atoms with E-state index in [4.69, 9.17) is 4.74 Å². The molecule has 1 aromatic rings. The minimum atomic E-state index is -4.15. The standard InChI is InChI=1S/C15H21F3O2/c1-14(19,9-3-10-15(16,17)18)11-8-12-4-6-13(20-2)7-5-12/h4-7,19H,3,8-11H2,1-2H3. The van der Waals surface area contributed by atoms with Crippen molar-refractivity contribution in [1.82, 2.24) is 0 Å². The predicted octanol–water partition coefficient (Wildman–Crippen LogP) is 4.11. The van der Waals surface area contributed by atoms with E-state index in [0.717, 1.165) is 11.3 Å². The molecule has 0 aliphatic rings. The van der Waals surface area contributed by atoms with Crippen LogP contribution in [-0.2, 0) is 6.42 Å². The second-order valence-corrected chi connectivity index (χ2v) is 5.31. The number of benzene rings is 1. The number of halogens is 3. The van der Waals surface area contributed by atoms with Crippen LogP contribution in [-0.4, -0.2) is 24.0 Å². The first-order valence-electron chi connectivity index (χ1n) is 6.64. The molecule has 1 rings (SSSR count). The largest absolute Gasteiger partial charge is 0.497 e. The molecule has 0 fully saturated rings. The van der Waals surface area contributed by atoms with Crippen molar-refractivity contribution in [2.24, 2.45) is 0 Å². The first kappa shape index (κ1) is 16.8. The quantitative estimate of drug-likeness (QED) is 0.819. The van der Waals surface area contributed by atoms with E-state index in [9.17, 15) is 18.3 Å². The number of hydrogen-bond acceptors (Lipinski definition) is 2. The zero-order valence-electron chi connectivity index (χ0n) is 11.8. The topological polar surface area (TPSA) is 29.5 Å². The molecule has 5 heteroatoms. The number of alkyl halides is 3. The molecule has 0 amide bonds. The summed E-state index contributed by atoms with van der Waals surface area (Å²) in [5, 5.41) is 10.1. The number of hydrogen-bond donors (Lipinski definition) is 1. The molecule has 1 unspecified atom stereocenters. The molecule has 0 saturated heterocycles. The lowest BCUT2D eigenvalue weighted by molar-refractivity contribution is -0.137. The van der Waals surface area contributed by atoms with Crippen LogP contribution in [0.5, 0.6) is 5.75 Å². The maximum Gasteiger partial charge on any atom is 0.389 e. The lowest BCUT2D eigenvalue weighted by atomic mass is 9.91. The van der Waals surface area contributed by atoms with Gasteiger partial charge in [-0.1, -0.05) is 12.1 Å². The molecule has 0 aromatic heterocycles. The van der Waals surface area contributed by atoms with Gasteiger partial charge in [-0.3, -0.25) is 0 Å². The van der Waals surface area contributed by atoms with Crippen LogP contribution in [0.4, 0.5) is 13.2 Å². The van der Waals surface area contributed by atoms with Crippen molar-refractivity contribution in [1.29, 1.82) is 0 Å². The minimum Gasteiger partial charge on any atom is -0.497 e. The molecule has 0 spiro atoms. The molecule has 114 valence electrons. The SMILES string of the molecule is COc1ccc(CCC(C)(O)CCCC(F)(F)F)cc1. The molecule has 0 bridgehead atoms. The fourth-order valence-electron chi connectivity index (χ4n) is 2.00. The molecule has 0 radical (unpaired) electrons. The summed E-state index contributed by atoms with van der Waals surface area (Å²) in [7, 11) is 1.58. The monoisotopic (exact) mass is 290 g/mol. The predicted molar refractivity (Wildman–Crippen MR) is 71.8 cm³/mol. The van der Waals surface area contributed by atoms with Crippen LogP contribution >= 0.6 is 0 Å². The second-order valence-electron chi connectivity index (χ2n) is 5.31. The lowest BCUT2D eigenvalue weighted by Crippen LogP contribution is -2.25. The van der Waals surface area contributed by atoms with Crippen molar-refractivity contribution < 1.29 is 23.0 Å². The van der Waals surface area contributed by atoms with Crippen LogP contribution < -0.4 is 4.74 Å². The van der Waals surface area contributed by atoms with Crippen LogP contribution in [0.1, 0.15) is 38.2 Å². The van der Waals surface area contributed by atoms with E-state index in [1.807, 2.05) is 24.3 Å². The van der Waals surface area contributed by atoms with Gasteiger partial charge >= 0.3 is 6.18 Å². The maximum atomic E-state index is 12.1. The summed E-state index contributed by atoms with van der Waals surface area (Å²) in [6.07, 6.45) is -3.81. The maximum absolute atomic E-state index is 12.1. The molecule has 0 saturated carbocycles. The number of methoxy groups -OCH3 is 1. The Balaban J connectivity index is 2.37. The zero-order chi connectivity index (χ0) is 15.2. The Labute approximate surface area is 117 Å². The van der Waals surface area contributed by atoms with Crippen LogP contribution in [0.2, 0.25) is 0 Å². The Hall–Kier alpha value is -1.23. The molecular weight excluding hydrogens is 269 g/mol. The first-order chi connectivity index (χ1) is 9.22. The minimum absolute atomic E-state index is 0.0425. The average Bonchev–Trinajstić information content (AvgIpc) is 2.35. The van der Waals surface area contributed by atoms with Gasteiger partial charge in [0.15, 0.2) is 0 Å². The summed E-state index contributed by atoms with van der Waals surface area (Å²) in [6, 6.07) is 7.44. The molecule has 1 aromatic carbocycles. The summed E-state index contributed by atoms with van der Waals surface area (Å²) in [5.74, 6) is 0.755. The Morgan fingerprint density at radius 3 is 2.15 bits per heavy atom. The second kappa shape index (κ2) is 6.97.